The number of azo groups is 1. The van der Waals surface area contributed by atoms with Gasteiger partial charge in [0.15, 0.2) is 12.4 Å². The Morgan fingerprint density at radius 2 is 1.70 bits per heavy atom. The monoisotopic (exact) mass is 846 g/mol. The molecular formula is C42H39ClN10O6S. The molecule has 18 heteroatoms. The summed E-state index contributed by atoms with van der Waals surface area (Å²) in [5.74, 6) is -0.0259. The first kappa shape index (κ1) is 40.2. The number of rotatable bonds is 12. The van der Waals surface area contributed by atoms with Crippen LogP contribution in [-0.2, 0) is 25.7 Å². The summed E-state index contributed by atoms with van der Waals surface area (Å²) in [6, 6.07) is 17.9. The number of piperidine rings is 1. The summed E-state index contributed by atoms with van der Waals surface area (Å²) in [7, 11) is 0. The number of nitrogens with one attached hydrogen (secondary N) is 3. The summed E-state index contributed by atoms with van der Waals surface area (Å²) >= 11 is 7.85. The summed E-state index contributed by atoms with van der Waals surface area (Å²) in [6.07, 6.45) is 0.457. The van der Waals surface area contributed by atoms with Crippen LogP contribution in [0.3, 0.4) is 0 Å². The predicted octanol–water partition coefficient (Wildman–Crippen LogP) is 5.68. The zero-order chi connectivity index (χ0) is 42.1. The summed E-state index contributed by atoms with van der Waals surface area (Å²) in [5.41, 5.74) is 5.82. The number of ether oxygens (including phenoxy) is 1. The number of fused-ring (bicyclic) bond motifs is 4. The summed E-state index contributed by atoms with van der Waals surface area (Å²) in [4.78, 5) is 70.8. The molecule has 1 fully saturated rings. The van der Waals surface area contributed by atoms with Gasteiger partial charge in [0.05, 0.1) is 23.5 Å². The van der Waals surface area contributed by atoms with E-state index < -0.39 is 18.0 Å². The minimum absolute atomic E-state index is 0.0190. The van der Waals surface area contributed by atoms with Gasteiger partial charge in [-0.05, 0) is 81.3 Å². The molecule has 5 amide bonds. The molecule has 1 unspecified atom stereocenters. The molecule has 5 aromatic rings. The third-order valence-electron chi connectivity index (χ3n) is 10.5. The SMILES string of the molecule is Cc1sc2c(c1C)C(c1ccc(Cl)cc1)=N[C@H](CC(=O)NCCNC(=O)COc1ccc(N=Nc3cccc4c3CN(C3CCC(=O)NC3=O)C4=O)cc1)c1nnc(C)n1-2. The van der Waals surface area contributed by atoms with E-state index in [-0.39, 0.29) is 69.1 Å². The normalized spacial score (nSPS) is 17.1. The molecule has 306 valence electrons. The van der Waals surface area contributed by atoms with Crippen LogP contribution >= 0.6 is 22.9 Å². The lowest BCUT2D eigenvalue weighted by Gasteiger charge is -2.29. The van der Waals surface area contributed by atoms with Gasteiger partial charge in [0, 0.05) is 58.2 Å². The van der Waals surface area contributed by atoms with Gasteiger partial charge < -0.3 is 20.3 Å². The number of imide groups is 1. The van der Waals surface area contributed by atoms with Crippen molar-refractivity contribution in [3.63, 3.8) is 0 Å². The number of carbonyl (C=O) groups is 5. The molecule has 3 N–H and O–H groups in total. The summed E-state index contributed by atoms with van der Waals surface area (Å²) in [6.45, 7) is 6.33. The third kappa shape index (κ3) is 8.18. The summed E-state index contributed by atoms with van der Waals surface area (Å²) < 4.78 is 7.64. The minimum atomic E-state index is -0.726. The van der Waals surface area contributed by atoms with Crippen molar-refractivity contribution in [3.05, 3.63) is 116 Å². The molecule has 8 rings (SSSR count). The van der Waals surface area contributed by atoms with Crippen LogP contribution in [0.25, 0.3) is 5.00 Å². The van der Waals surface area contributed by atoms with E-state index in [1.54, 1.807) is 53.8 Å². The Morgan fingerprint density at radius 1 is 0.950 bits per heavy atom. The molecule has 0 radical (unpaired) electrons. The smallest absolute Gasteiger partial charge is 0.258 e. The number of carbonyl (C=O) groups excluding carboxylic acids is 5. The van der Waals surface area contributed by atoms with Gasteiger partial charge in [-0.2, -0.15) is 10.2 Å². The van der Waals surface area contributed by atoms with Crippen LogP contribution in [0.2, 0.25) is 5.02 Å². The van der Waals surface area contributed by atoms with E-state index in [9.17, 15) is 24.0 Å². The van der Waals surface area contributed by atoms with E-state index in [4.69, 9.17) is 21.3 Å². The molecule has 0 saturated carbocycles. The largest absolute Gasteiger partial charge is 0.484 e. The van der Waals surface area contributed by atoms with Crippen LogP contribution in [0.15, 0.2) is 82.0 Å². The molecule has 3 aromatic carbocycles. The fraction of sp³-hybridized carbons (Fsp3) is 0.286. The highest BCUT2D eigenvalue weighted by molar-refractivity contribution is 7.15. The third-order valence-corrected chi connectivity index (χ3v) is 12.0. The molecule has 1 saturated heterocycles. The second-order valence-electron chi connectivity index (χ2n) is 14.5. The quantitative estimate of drug-likeness (QED) is 0.0809. The number of thiophene rings is 1. The van der Waals surface area contributed by atoms with Gasteiger partial charge in [-0.3, -0.25) is 38.8 Å². The Labute approximate surface area is 353 Å². The van der Waals surface area contributed by atoms with E-state index in [2.05, 4.69) is 50.2 Å². The van der Waals surface area contributed by atoms with Crippen LogP contribution in [-0.4, -0.2) is 80.7 Å². The van der Waals surface area contributed by atoms with Gasteiger partial charge in [0.2, 0.25) is 17.7 Å². The highest BCUT2D eigenvalue weighted by Crippen LogP contribution is 2.40. The van der Waals surface area contributed by atoms with Crippen molar-refractivity contribution in [2.24, 2.45) is 15.2 Å². The molecule has 2 aromatic heterocycles. The number of hydrogen-bond donors (Lipinski definition) is 3. The number of hydrogen-bond acceptors (Lipinski definition) is 12. The molecular weight excluding hydrogens is 808 g/mol. The topological polar surface area (TPSA) is 202 Å². The number of halogens is 1. The van der Waals surface area contributed by atoms with Crippen molar-refractivity contribution in [2.75, 3.05) is 19.7 Å². The van der Waals surface area contributed by atoms with Crippen molar-refractivity contribution < 1.29 is 28.7 Å². The maximum absolute atomic E-state index is 13.3. The second kappa shape index (κ2) is 16.9. The highest BCUT2D eigenvalue weighted by Gasteiger charge is 2.40. The molecule has 0 bridgehead atoms. The lowest BCUT2D eigenvalue weighted by molar-refractivity contribution is -0.137. The zero-order valence-corrected chi connectivity index (χ0v) is 34.4. The fourth-order valence-electron chi connectivity index (χ4n) is 7.37. The highest BCUT2D eigenvalue weighted by atomic mass is 35.5. The average molecular weight is 847 g/mol. The van der Waals surface area contributed by atoms with Gasteiger partial charge in [0.25, 0.3) is 11.8 Å². The van der Waals surface area contributed by atoms with Gasteiger partial charge in [-0.1, -0.05) is 29.8 Å². The number of benzene rings is 3. The Morgan fingerprint density at radius 3 is 2.45 bits per heavy atom. The van der Waals surface area contributed by atoms with Gasteiger partial charge in [0.1, 0.15) is 28.7 Å². The molecule has 16 nitrogen and oxygen atoms in total. The maximum atomic E-state index is 13.3. The van der Waals surface area contributed by atoms with E-state index in [1.165, 1.54) is 4.90 Å². The Bertz CT molecular complexity index is 2600. The first-order valence-electron chi connectivity index (χ1n) is 19.3. The van der Waals surface area contributed by atoms with Crippen LogP contribution in [0.1, 0.15) is 74.4 Å². The second-order valence-corrected chi connectivity index (χ2v) is 16.1. The average Bonchev–Trinajstić information content (AvgIpc) is 3.85. The minimum Gasteiger partial charge on any atom is -0.484 e. The molecule has 3 aliphatic rings. The van der Waals surface area contributed by atoms with Crippen molar-refractivity contribution >= 4 is 69.6 Å². The van der Waals surface area contributed by atoms with E-state index in [1.807, 2.05) is 35.8 Å². The molecule has 2 atom stereocenters. The van der Waals surface area contributed by atoms with Crippen molar-refractivity contribution in [1.29, 1.82) is 0 Å². The lowest BCUT2D eigenvalue weighted by Crippen LogP contribution is -2.52. The zero-order valence-electron chi connectivity index (χ0n) is 32.8. The molecule has 60 heavy (non-hydrogen) atoms. The molecule has 3 aliphatic heterocycles. The Balaban J connectivity index is 0.822. The Hall–Kier alpha value is -6.59. The van der Waals surface area contributed by atoms with Crippen LogP contribution < -0.4 is 20.7 Å². The van der Waals surface area contributed by atoms with E-state index >= 15 is 0 Å². The fourth-order valence-corrected chi connectivity index (χ4v) is 8.71. The van der Waals surface area contributed by atoms with E-state index in [0.29, 0.717) is 44.9 Å². The van der Waals surface area contributed by atoms with Gasteiger partial charge >= 0.3 is 0 Å². The number of nitrogens with zero attached hydrogens (tertiary/aromatic N) is 7. The standard InChI is InChI=1S/C42H39ClN10O6S/c1-22-23(2)60-42-37(22)38(25-7-9-26(43)10-8-25)46-32(39-51-48-24(3)53(39)42)19-35(55)44-17-18-45-36(56)21-59-28-13-11-27(12-14-28)49-50-31-6-4-5-29-30(31)20-52(41(29)58)33-15-16-34(54)47-40(33)57/h4-14,32-33H,15-21H2,1-3H3,(H,44,55)(H,45,56)(H,47,54,57)/t32-,33?/m1/s1. The molecule has 5 heterocycles. The Kier molecular flexibility index (Phi) is 11.4. The van der Waals surface area contributed by atoms with Gasteiger partial charge in [-0.25, -0.2) is 0 Å². The molecule has 0 aliphatic carbocycles. The number of aryl methyl sites for hydroxylation is 2. The lowest BCUT2D eigenvalue weighted by atomic mass is 9.99. The van der Waals surface area contributed by atoms with E-state index in [0.717, 1.165) is 32.3 Å². The number of aromatic nitrogens is 3. The maximum Gasteiger partial charge on any atom is 0.258 e. The van der Waals surface area contributed by atoms with Crippen LogP contribution in [0, 0.1) is 20.8 Å². The van der Waals surface area contributed by atoms with Crippen molar-refractivity contribution in [3.8, 4) is 10.8 Å². The predicted molar refractivity (Wildman–Crippen MR) is 223 cm³/mol. The van der Waals surface area contributed by atoms with Gasteiger partial charge in [-0.15, -0.1) is 21.5 Å². The summed E-state index contributed by atoms with van der Waals surface area (Å²) in [5, 5.41) is 27.0. The first-order chi connectivity index (χ1) is 28.9. The van der Waals surface area contributed by atoms with Crippen molar-refractivity contribution in [1.82, 2.24) is 35.6 Å². The first-order valence-corrected chi connectivity index (χ1v) is 20.5. The van der Waals surface area contributed by atoms with Crippen molar-refractivity contribution in [2.45, 2.75) is 58.7 Å². The number of aliphatic imine (C=N–C) groups is 1. The number of amides is 5. The van der Waals surface area contributed by atoms with Crippen LogP contribution in [0.4, 0.5) is 11.4 Å². The molecule has 0 spiro atoms. The van der Waals surface area contributed by atoms with Crippen LogP contribution in [0.5, 0.6) is 5.75 Å².